The highest BCUT2D eigenvalue weighted by Crippen LogP contribution is 1.89. The molecule has 0 saturated heterocycles. The van der Waals surface area contributed by atoms with Gasteiger partial charge in [0.05, 0.1) is 0 Å². The number of hydrogen-bond acceptors (Lipinski definition) is 2. The summed E-state index contributed by atoms with van der Waals surface area (Å²) in [5, 5.41) is 0. The lowest BCUT2D eigenvalue weighted by atomic mass is 10.5. The Morgan fingerprint density at radius 2 is 2.33 bits per heavy atom. The van der Waals surface area contributed by atoms with Crippen molar-refractivity contribution in [2.45, 2.75) is 13.3 Å². The molecular formula is C6H12NO2. The summed E-state index contributed by atoms with van der Waals surface area (Å²) in [7, 11) is 4.68. The molecule has 3 nitrogen and oxygen atoms in total. The molecule has 0 N–H and O–H groups in total. The van der Waals surface area contributed by atoms with Gasteiger partial charge in [-0.05, 0) is 6.42 Å². The first-order valence-corrected chi connectivity index (χ1v) is 2.89. The van der Waals surface area contributed by atoms with Crippen LogP contribution in [0.1, 0.15) is 13.3 Å². The second-order valence-corrected chi connectivity index (χ2v) is 1.83. The second kappa shape index (κ2) is 4.18. The molecule has 0 aliphatic heterocycles. The van der Waals surface area contributed by atoms with Crippen molar-refractivity contribution >= 4 is 6.09 Å². The van der Waals surface area contributed by atoms with Gasteiger partial charge in [-0.3, -0.25) is 0 Å². The molecule has 0 bridgehead atoms. The van der Waals surface area contributed by atoms with Crippen LogP contribution < -0.4 is 0 Å². The smallest absolute Gasteiger partial charge is 0.409 e. The Bertz CT molecular complexity index is 93.1. The first-order chi connectivity index (χ1) is 4.22. The van der Waals surface area contributed by atoms with Gasteiger partial charge < -0.3 is 9.64 Å². The Kier molecular flexibility index (Phi) is 3.84. The van der Waals surface area contributed by atoms with Gasteiger partial charge in [-0.25, -0.2) is 4.79 Å². The van der Waals surface area contributed by atoms with Crippen molar-refractivity contribution in [3.63, 3.8) is 0 Å². The van der Waals surface area contributed by atoms with Gasteiger partial charge in [0, 0.05) is 13.6 Å². The van der Waals surface area contributed by atoms with Gasteiger partial charge >= 0.3 is 6.09 Å². The Morgan fingerprint density at radius 3 is 2.67 bits per heavy atom. The van der Waals surface area contributed by atoms with Crippen LogP contribution in [-0.4, -0.2) is 24.6 Å². The monoisotopic (exact) mass is 130 g/mol. The van der Waals surface area contributed by atoms with Crippen molar-refractivity contribution in [3.8, 4) is 0 Å². The highest BCUT2D eigenvalue weighted by molar-refractivity contribution is 5.67. The van der Waals surface area contributed by atoms with E-state index in [2.05, 4.69) is 11.8 Å². The highest BCUT2D eigenvalue weighted by Gasteiger charge is 2.04. The summed E-state index contributed by atoms with van der Waals surface area (Å²) in [5.74, 6) is 0. The second-order valence-electron chi connectivity index (χ2n) is 1.83. The molecule has 1 radical (unpaired) electrons. The van der Waals surface area contributed by atoms with E-state index >= 15 is 0 Å². The zero-order chi connectivity index (χ0) is 7.28. The third-order valence-corrected chi connectivity index (χ3v) is 0.994. The van der Waals surface area contributed by atoms with Crippen molar-refractivity contribution in [2.24, 2.45) is 0 Å². The number of carbonyl (C=O) groups is 1. The maximum atomic E-state index is 10.5. The highest BCUT2D eigenvalue weighted by atomic mass is 16.5. The topological polar surface area (TPSA) is 29.5 Å². The maximum absolute atomic E-state index is 10.5. The molecule has 0 unspecified atom stereocenters. The lowest BCUT2D eigenvalue weighted by Gasteiger charge is -2.12. The first-order valence-electron chi connectivity index (χ1n) is 2.89. The van der Waals surface area contributed by atoms with Crippen LogP contribution in [-0.2, 0) is 4.74 Å². The van der Waals surface area contributed by atoms with Crippen molar-refractivity contribution in [3.05, 3.63) is 7.11 Å². The van der Waals surface area contributed by atoms with Gasteiger partial charge in [0.2, 0.25) is 0 Å². The van der Waals surface area contributed by atoms with E-state index in [1.807, 2.05) is 6.92 Å². The van der Waals surface area contributed by atoms with Gasteiger partial charge in [-0.2, -0.15) is 0 Å². The molecule has 0 aromatic rings. The van der Waals surface area contributed by atoms with Crippen molar-refractivity contribution in [1.82, 2.24) is 4.90 Å². The number of carbonyl (C=O) groups excluding carboxylic acids is 1. The van der Waals surface area contributed by atoms with Crippen LogP contribution in [0, 0.1) is 7.11 Å². The van der Waals surface area contributed by atoms with E-state index in [1.165, 1.54) is 4.90 Å². The standard InChI is InChI=1S/C6H12NO2/c1-4-5-7(2)6(8)9-3/h3-5H2,1-2H3. The molecule has 0 rings (SSSR count). The molecule has 0 heterocycles. The lowest BCUT2D eigenvalue weighted by molar-refractivity contribution is 0.145. The lowest BCUT2D eigenvalue weighted by Crippen LogP contribution is -2.26. The van der Waals surface area contributed by atoms with Crippen LogP contribution in [0.15, 0.2) is 0 Å². The average Bonchev–Trinajstić information content (AvgIpc) is 1.87. The van der Waals surface area contributed by atoms with Crippen LogP contribution in [0.4, 0.5) is 4.79 Å². The normalized spacial score (nSPS) is 8.78. The summed E-state index contributed by atoms with van der Waals surface area (Å²) in [4.78, 5) is 12.0. The van der Waals surface area contributed by atoms with Crippen molar-refractivity contribution in [2.75, 3.05) is 13.6 Å². The van der Waals surface area contributed by atoms with E-state index in [-0.39, 0.29) is 6.09 Å². The molecule has 0 fully saturated rings. The fourth-order valence-corrected chi connectivity index (χ4v) is 0.537. The zero-order valence-electron chi connectivity index (χ0n) is 5.89. The largest absolute Gasteiger partial charge is 0.446 e. The number of hydrogen-bond donors (Lipinski definition) is 0. The van der Waals surface area contributed by atoms with Crippen LogP contribution in [0.25, 0.3) is 0 Å². The fraction of sp³-hybridized carbons (Fsp3) is 0.667. The third-order valence-electron chi connectivity index (χ3n) is 0.994. The summed E-state index contributed by atoms with van der Waals surface area (Å²) < 4.78 is 4.20. The Hall–Kier alpha value is -0.730. The van der Waals surface area contributed by atoms with Gasteiger partial charge in [-0.15, -0.1) is 0 Å². The molecule has 0 saturated carbocycles. The van der Waals surface area contributed by atoms with E-state index in [9.17, 15) is 4.79 Å². The van der Waals surface area contributed by atoms with Gasteiger partial charge in [0.15, 0.2) is 0 Å². The van der Waals surface area contributed by atoms with E-state index in [4.69, 9.17) is 0 Å². The third kappa shape index (κ3) is 2.95. The molecule has 0 aliphatic carbocycles. The van der Waals surface area contributed by atoms with Gasteiger partial charge in [0.1, 0.15) is 7.11 Å². The summed E-state index contributed by atoms with van der Waals surface area (Å²) >= 11 is 0. The summed E-state index contributed by atoms with van der Waals surface area (Å²) in [6, 6.07) is 0. The minimum Gasteiger partial charge on any atom is -0.446 e. The molecule has 53 valence electrons. The SMILES string of the molecule is [CH2]OC(=O)N(C)CCC. The van der Waals surface area contributed by atoms with E-state index in [1.54, 1.807) is 7.05 Å². The Balaban J connectivity index is 3.45. The van der Waals surface area contributed by atoms with Crippen LogP contribution in [0.2, 0.25) is 0 Å². The minimum absolute atomic E-state index is 0.378. The molecule has 0 aromatic carbocycles. The molecule has 0 spiro atoms. The zero-order valence-corrected chi connectivity index (χ0v) is 5.89. The first kappa shape index (κ1) is 8.27. The summed E-state index contributed by atoms with van der Waals surface area (Å²) in [6.45, 7) is 2.71. The number of rotatable bonds is 2. The maximum Gasteiger partial charge on any atom is 0.409 e. The van der Waals surface area contributed by atoms with E-state index in [0.29, 0.717) is 6.54 Å². The van der Waals surface area contributed by atoms with Crippen LogP contribution >= 0.6 is 0 Å². The Morgan fingerprint density at radius 1 is 1.78 bits per heavy atom. The summed E-state index contributed by atoms with van der Waals surface area (Å²) in [6.07, 6.45) is 0.558. The molecule has 1 amide bonds. The predicted molar refractivity (Wildman–Crippen MR) is 34.8 cm³/mol. The molecule has 0 aliphatic rings. The quantitative estimate of drug-likeness (QED) is 0.563. The summed E-state index contributed by atoms with van der Waals surface area (Å²) in [5.41, 5.74) is 0. The van der Waals surface area contributed by atoms with E-state index in [0.717, 1.165) is 6.42 Å². The van der Waals surface area contributed by atoms with E-state index < -0.39 is 0 Å². The fourth-order valence-electron chi connectivity index (χ4n) is 0.537. The molecule has 3 heteroatoms. The van der Waals surface area contributed by atoms with Crippen LogP contribution in [0.5, 0.6) is 0 Å². The number of amides is 1. The average molecular weight is 130 g/mol. The number of ether oxygens (including phenoxy) is 1. The molecule has 9 heavy (non-hydrogen) atoms. The minimum atomic E-state index is -0.378. The van der Waals surface area contributed by atoms with Crippen molar-refractivity contribution in [1.29, 1.82) is 0 Å². The van der Waals surface area contributed by atoms with Crippen molar-refractivity contribution < 1.29 is 9.53 Å². The van der Waals surface area contributed by atoms with Crippen LogP contribution in [0.3, 0.4) is 0 Å². The Labute approximate surface area is 55.6 Å². The van der Waals surface area contributed by atoms with Gasteiger partial charge in [0.25, 0.3) is 0 Å². The predicted octanol–water partition coefficient (Wildman–Crippen LogP) is 1.26. The van der Waals surface area contributed by atoms with Gasteiger partial charge in [-0.1, -0.05) is 6.92 Å². The molecule has 0 atom stereocenters. The molecular weight excluding hydrogens is 118 g/mol. The molecule has 0 aromatic heterocycles. The number of nitrogens with zero attached hydrogens (tertiary/aromatic N) is 1.